The molecule has 0 aliphatic rings. The zero-order valence-electron chi connectivity index (χ0n) is 8.88. The Morgan fingerprint density at radius 2 is 1.67 bits per heavy atom. The molecule has 0 fully saturated rings. The van der Waals surface area contributed by atoms with Gasteiger partial charge in [-0.1, -0.05) is 29.3 Å². The second-order valence-electron chi connectivity index (χ2n) is 3.47. The van der Waals surface area contributed by atoms with Crippen molar-refractivity contribution in [3.8, 4) is 11.5 Å². The summed E-state index contributed by atoms with van der Waals surface area (Å²) < 4.78 is 32.1. The SMILES string of the molecule is Nc1cc(F)c(Oc2cccc(Cl)c2Cl)c(F)c1. The summed E-state index contributed by atoms with van der Waals surface area (Å²) in [5, 5.41) is 0.306. The molecule has 0 spiro atoms. The van der Waals surface area contributed by atoms with Crippen LogP contribution in [0.25, 0.3) is 0 Å². The number of nitrogens with two attached hydrogens (primary N) is 1. The molecule has 0 radical (unpaired) electrons. The number of anilines is 1. The number of ether oxygens (including phenoxy) is 1. The smallest absolute Gasteiger partial charge is 0.198 e. The molecule has 0 aliphatic carbocycles. The molecule has 0 aliphatic heterocycles. The van der Waals surface area contributed by atoms with Gasteiger partial charge in [0.05, 0.1) is 5.02 Å². The molecule has 0 heterocycles. The molecule has 0 aromatic heterocycles. The standard InChI is InChI=1S/C12H7Cl2F2NO/c13-7-2-1-3-10(11(7)14)18-12-8(15)4-6(17)5-9(12)16/h1-5H,17H2. The number of halogens is 4. The summed E-state index contributed by atoms with van der Waals surface area (Å²) in [4.78, 5) is 0. The van der Waals surface area contributed by atoms with E-state index in [1.54, 1.807) is 6.07 Å². The van der Waals surface area contributed by atoms with Crippen LogP contribution in [0.5, 0.6) is 11.5 Å². The Bertz CT molecular complexity index is 582. The molecule has 0 bridgehead atoms. The Hall–Kier alpha value is -1.52. The van der Waals surface area contributed by atoms with Crippen LogP contribution in [0.2, 0.25) is 10.0 Å². The van der Waals surface area contributed by atoms with Gasteiger partial charge in [0.2, 0.25) is 0 Å². The third-order valence-corrected chi connectivity index (χ3v) is 2.95. The zero-order chi connectivity index (χ0) is 13.3. The van der Waals surface area contributed by atoms with Crippen LogP contribution < -0.4 is 10.5 Å². The maximum Gasteiger partial charge on any atom is 0.198 e. The van der Waals surface area contributed by atoms with E-state index in [1.165, 1.54) is 12.1 Å². The van der Waals surface area contributed by atoms with Crippen LogP contribution in [-0.4, -0.2) is 0 Å². The second kappa shape index (κ2) is 5.00. The van der Waals surface area contributed by atoms with Gasteiger partial charge >= 0.3 is 0 Å². The van der Waals surface area contributed by atoms with Crippen molar-refractivity contribution in [2.45, 2.75) is 0 Å². The molecule has 94 valence electrons. The van der Waals surface area contributed by atoms with Crippen molar-refractivity contribution in [3.63, 3.8) is 0 Å². The van der Waals surface area contributed by atoms with E-state index in [-0.39, 0.29) is 21.5 Å². The van der Waals surface area contributed by atoms with Crippen LogP contribution in [0.3, 0.4) is 0 Å². The number of rotatable bonds is 2. The summed E-state index contributed by atoms with van der Waals surface area (Å²) >= 11 is 11.6. The fraction of sp³-hybridized carbons (Fsp3) is 0. The normalized spacial score (nSPS) is 10.4. The van der Waals surface area contributed by atoms with E-state index < -0.39 is 17.4 Å². The second-order valence-corrected chi connectivity index (χ2v) is 4.25. The quantitative estimate of drug-likeness (QED) is 0.817. The molecule has 0 saturated heterocycles. The van der Waals surface area contributed by atoms with Gasteiger partial charge < -0.3 is 10.5 Å². The fourth-order valence-electron chi connectivity index (χ4n) is 1.35. The molecule has 2 rings (SSSR count). The lowest BCUT2D eigenvalue weighted by molar-refractivity contribution is 0.408. The van der Waals surface area contributed by atoms with Gasteiger partial charge in [-0.3, -0.25) is 0 Å². The van der Waals surface area contributed by atoms with Gasteiger partial charge in [0.15, 0.2) is 17.4 Å². The van der Waals surface area contributed by atoms with E-state index in [0.717, 1.165) is 12.1 Å². The highest BCUT2D eigenvalue weighted by molar-refractivity contribution is 6.42. The summed E-state index contributed by atoms with van der Waals surface area (Å²) in [7, 11) is 0. The maximum atomic E-state index is 13.5. The van der Waals surface area contributed by atoms with Crippen LogP contribution in [-0.2, 0) is 0 Å². The van der Waals surface area contributed by atoms with Gasteiger partial charge in [0.25, 0.3) is 0 Å². The number of nitrogen functional groups attached to an aromatic ring is 1. The molecule has 2 aromatic rings. The average Bonchev–Trinajstić information content (AvgIpc) is 2.28. The van der Waals surface area contributed by atoms with Crippen LogP contribution >= 0.6 is 23.2 Å². The van der Waals surface area contributed by atoms with Crippen molar-refractivity contribution in [2.24, 2.45) is 0 Å². The minimum atomic E-state index is -0.913. The Morgan fingerprint density at radius 1 is 1.06 bits per heavy atom. The summed E-state index contributed by atoms with van der Waals surface area (Å²) in [5.41, 5.74) is 5.26. The van der Waals surface area contributed by atoms with Gasteiger partial charge in [-0.15, -0.1) is 0 Å². The third kappa shape index (κ3) is 2.49. The third-order valence-electron chi connectivity index (χ3n) is 2.15. The zero-order valence-corrected chi connectivity index (χ0v) is 10.4. The first-order valence-electron chi connectivity index (χ1n) is 4.85. The van der Waals surface area contributed by atoms with Crippen molar-refractivity contribution in [2.75, 3.05) is 5.73 Å². The Morgan fingerprint density at radius 3 is 2.28 bits per heavy atom. The number of hydrogen-bond donors (Lipinski definition) is 1. The lowest BCUT2D eigenvalue weighted by Gasteiger charge is -2.10. The van der Waals surface area contributed by atoms with Gasteiger partial charge in [0, 0.05) is 17.8 Å². The molecule has 2 aromatic carbocycles. The highest BCUT2D eigenvalue weighted by Gasteiger charge is 2.15. The lowest BCUT2D eigenvalue weighted by atomic mass is 10.2. The Labute approximate surface area is 112 Å². The molecule has 2 N–H and O–H groups in total. The molecule has 0 unspecified atom stereocenters. The predicted octanol–water partition coefficient (Wildman–Crippen LogP) is 4.65. The number of hydrogen-bond acceptors (Lipinski definition) is 2. The molecule has 0 atom stereocenters. The minimum absolute atomic E-state index is 0.0328. The van der Waals surface area contributed by atoms with Crippen molar-refractivity contribution in [1.29, 1.82) is 0 Å². The summed E-state index contributed by atoms with van der Waals surface area (Å²) in [6.45, 7) is 0. The van der Waals surface area contributed by atoms with Crippen molar-refractivity contribution in [1.82, 2.24) is 0 Å². The van der Waals surface area contributed by atoms with Crippen LogP contribution in [0.4, 0.5) is 14.5 Å². The molecule has 0 saturated carbocycles. The molecular formula is C12H7Cl2F2NO. The minimum Gasteiger partial charge on any atom is -0.450 e. The van der Waals surface area contributed by atoms with Gasteiger partial charge in [-0.25, -0.2) is 8.78 Å². The maximum absolute atomic E-state index is 13.5. The van der Waals surface area contributed by atoms with Crippen molar-refractivity contribution >= 4 is 28.9 Å². The van der Waals surface area contributed by atoms with E-state index in [4.69, 9.17) is 33.7 Å². The van der Waals surface area contributed by atoms with Gasteiger partial charge in [-0.05, 0) is 12.1 Å². The first-order valence-corrected chi connectivity index (χ1v) is 5.61. The largest absolute Gasteiger partial charge is 0.450 e. The summed E-state index contributed by atoms with van der Waals surface area (Å²) in [5.74, 6) is -2.34. The lowest BCUT2D eigenvalue weighted by Crippen LogP contribution is -1.96. The van der Waals surface area contributed by atoms with Gasteiger partial charge in [-0.2, -0.15) is 0 Å². The van der Waals surface area contributed by atoms with E-state index in [2.05, 4.69) is 0 Å². The molecule has 18 heavy (non-hydrogen) atoms. The molecular weight excluding hydrogens is 283 g/mol. The van der Waals surface area contributed by atoms with E-state index in [1.807, 2.05) is 0 Å². The van der Waals surface area contributed by atoms with Crippen LogP contribution in [0.1, 0.15) is 0 Å². The van der Waals surface area contributed by atoms with E-state index in [0.29, 0.717) is 0 Å². The predicted molar refractivity (Wildman–Crippen MR) is 67.3 cm³/mol. The highest BCUT2D eigenvalue weighted by atomic mass is 35.5. The Balaban J connectivity index is 2.43. The first-order chi connectivity index (χ1) is 8.49. The molecule has 2 nitrogen and oxygen atoms in total. The fourth-order valence-corrected chi connectivity index (χ4v) is 1.68. The monoisotopic (exact) mass is 289 g/mol. The average molecular weight is 290 g/mol. The number of benzene rings is 2. The van der Waals surface area contributed by atoms with Crippen molar-refractivity contribution in [3.05, 3.63) is 52.0 Å². The van der Waals surface area contributed by atoms with E-state index >= 15 is 0 Å². The van der Waals surface area contributed by atoms with Crippen LogP contribution in [0.15, 0.2) is 30.3 Å². The van der Waals surface area contributed by atoms with Crippen LogP contribution in [0, 0.1) is 11.6 Å². The van der Waals surface area contributed by atoms with E-state index in [9.17, 15) is 8.78 Å². The molecule has 6 heteroatoms. The summed E-state index contributed by atoms with van der Waals surface area (Å²) in [6.07, 6.45) is 0. The topological polar surface area (TPSA) is 35.2 Å². The molecule has 0 amide bonds. The Kier molecular flexibility index (Phi) is 3.59. The highest BCUT2D eigenvalue weighted by Crippen LogP contribution is 2.36. The first kappa shape index (κ1) is 12.9. The van der Waals surface area contributed by atoms with Crippen molar-refractivity contribution < 1.29 is 13.5 Å². The van der Waals surface area contributed by atoms with Gasteiger partial charge in [0.1, 0.15) is 10.8 Å². The summed E-state index contributed by atoms with van der Waals surface area (Å²) in [6, 6.07) is 6.44.